The van der Waals surface area contributed by atoms with Crippen LogP contribution in [0.2, 0.25) is 0 Å². The van der Waals surface area contributed by atoms with E-state index in [-0.39, 0.29) is 0 Å². The summed E-state index contributed by atoms with van der Waals surface area (Å²) in [6.07, 6.45) is 2.10. The van der Waals surface area contributed by atoms with E-state index in [0.29, 0.717) is 0 Å². The van der Waals surface area contributed by atoms with Gasteiger partial charge in [0.2, 0.25) is 0 Å². The summed E-state index contributed by atoms with van der Waals surface area (Å²) in [5.74, 6) is 0. The van der Waals surface area contributed by atoms with E-state index in [4.69, 9.17) is 5.73 Å². The molecular formula is C16H20N2. The van der Waals surface area contributed by atoms with Gasteiger partial charge in [-0.25, -0.2) is 0 Å². The molecule has 2 heteroatoms. The third-order valence-electron chi connectivity index (χ3n) is 2.94. The van der Waals surface area contributed by atoms with Crippen LogP contribution in [0, 0.1) is 0 Å². The topological polar surface area (TPSA) is 38.0 Å². The van der Waals surface area contributed by atoms with Gasteiger partial charge in [-0.05, 0) is 42.6 Å². The van der Waals surface area contributed by atoms with Gasteiger partial charge in [0.15, 0.2) is 0 Å². The Balaban J connectivity index is 1.93. The number of rotatable bonds is 6. The van der Waals surface area contributed by atoms with E-state index < -0.39 is 0 Å². The smallest absolute Gasteiger partial charge is 0.0400 e. The number of benzene rings is 2. The van der Waals surface area contributed by atoms with Gasteiger partial charge in [-0.3, -0.25) is 0 Å². The van der Waals surface area contributed by atoms with Crippen molar-refractivity contribution in [2.24, 2.45) is 5.73 Å². The minimum absolute atomic E-state index is 0.752. The van der Waals surface area contributed by atoms with Crippen LogP contribution in [0.4, 0.5) is 5.69 Å². The maximum Gasteiger partial charge on any atom is 0.0400 e. The molecule has 0 spiro atoms. The summed E-state index contributed by atoms with van der Waals surface area (Å²) in [4.78, 5) is 0. The summed E-state index contributed by atoms with van der Waals surface area (Å²) in [7, 11) is 0. The summed E-state index contributed by atoms with van der Waals surface area (Å²) in [6.45, 7) is 1.61. The molecule has 2 nitrogen and oxygen atoms in total. The second-order valence-electron chi connectivity index (χ2n) is 4.43. The highest BCUT2D eigenvalue weighted by Gasteiger charge is 1.96. The van der Waals surface area contributed by atoms with Crippen LogP contribution in [0.25, 0.3) is 0 Å². The van der Waals surface area contributed by atoms with E-state index in [2.05, 4.69) is 53.8 Å². The van der Waals surface area contributed by atoms with Crippen molar-refractivity contribution >= 4 is 5.69 Å². The van der Waals surface area contributed by atoms with Crippen molar-refractivity contribution in [3.05, 3.63) is 65.7 Å². The van der Waals surface area contributed by atoms with Crippen molar-refractivity contribution in [2.75, 3.05) is 11.9 Å². The molecule has 0 fully saturated rings. The van der Waals surface area contributed by atoms with Gasteiger partial charge in [0.25, 0.3) is 0 Å². The molecule has 2 aromatic rings. The first-order chi connectivity index (χ1) is 8.88. The minimum atomic E-state index is 0.752. The number of hydrogen-bond donors (Lipinski definition) is 2. The molecule has 0 bridgehead atoms. The third-order valence-corrected chi connectivity index (χ3v) is 2.94. The Morgan fingerprint density at radius 2 is 1.67 bits per heavy atom. The Morgan fingerprint density at radius 1 is 0.889 bits per heavy atom. The van der Waals surface area contributed by atoms with E-state index >= 15 is 0 Å². The summed E-state index contributed by atoms with van der Waals surface area (Å²) in [5, 5.41) is 3.45. The normalized spacial score (nSPS) is 10.3. The Kier molecular flexibility index (Phi) is 4.79. The standard InChI is InChI=1S/C16H20N2/c17-11-5-9-14-8-4-10-16(12-14)18-13-15-6-2-1-3-7-15/h1-4,6-8,10,12,18H,5,9,11,13,17H2. The van der Waals surface area contributed by atoms with Crippen molar-refractivity contribution in [2.45, 2.75) is 19.4 Å². The van der Waals surface area contributed by atoms with Gasteiger partial charge >= 0.3 is 0 Å². The van der Waals surface area contributed by atoms with Crippen molar-refractivity contribution in [1.29, 1.82) is 0 Å². The molecule has 2 aromatic carbocycles. The van der Waals surface area contributed by atoms with E-state index in [1.807, 2.05) is 6.07 Å². The Labute approximate surface area is 109 Å². The van der Waals surface area contributed by atoms with Crippen LogP contribution in [0.15, 0.2) is 54.6 Å². The van der Waals surface area contributed by atoms with Gasteiger partial charge in [0, 0.05) is 12.2 Å². The Bertz CT molecular complexity index is 466. The summed E-state index contributed by atoms with van der Waals surface area (Å²) in [5.41, 5.74) is 9.35. The molecule has 0 aromatic heterocycles. The molecule has 3 N–H and O–H groups in total. The lowest BCUT2D eigenvalue weighted by Crippen LogP contribution is -2.02. The number of nitrogens with two attached hydrogens (primary N) is 1. The predicted octanol–water partition coefficient (Wildman–Crippen LogP) is 3.19. The molecule has 0 radical (unpaired) electrons. The maximum absolute atomic E-state index is 5.53. The highest BCUT2D eigenvalue weighted by Crippen LogP contribution is 2.13. The quantitative estimate of drug-likeness (QED) is 0.813. The molecule has 0 aliphatic heterocycles. The largest absolute Gasteiger partial charge is 0.381 e. The first-order valence-electron chi connectivity index (χ1n) is 6.45. The van der Waals surface area contributed by atoms with Crippen LogP contribution in [0.5, 0.6) is 0 Å². The van der Waals surface area contributed by atoms with Crippen molar-refractivity contribution < 1.29 is 0 Å². The van der Waals surface area contributed by atoms with Crippen molar-refractivity contribution in [3.63, 3.8) is 0 Å². The monoisotopic (exact) mass is 240 g/mol. The molecule has 18 heavy (non-hydrogen) atoms. The predicted molar refractivity (Wildman–Crippen MR) is 77.6 cm³/mol. The van der Waals surface area contributed by atoms with Gasteiger partial charge in [0.05, 0.1) is 0 Å². The summed E-state index contributed by atoms with van der Waals surface area (Å²) < 4.78 is 0. The molecule has 0 heterocycles. The van der Waals surface area contributed by atoms with Crippen molar-refractivity contribution in [1.82, 2.24) is 0 Å². The number of hydrogen-bond acceptors (Lipinski definition) is 2. The van der Waals surface area contributed by atoms with Crippen LogP contribution in [0.1, 0.15) is 17.5 Å². The van der Waals surface area contributed by atoms with E-state index in [9.17, 15) is 0 Å². The van der Waals surface area contributed by atoms with E-state index in [1.54, 1.807) is 0 Å². The lowest BCUT2D eigenvalue weighted by Gasteiger charge is -2.08. The molecule has 0 saturated heterocycles. The van der Waals surface area contributed by atoms with Gasteiger partial charge < -0.3 is 11.1 Å². The van der Waals surface area contributed by atoms with Gasteiger partial charge in [-0.15, -0.1) is 0 Å². The zero-order chi connectivity index (χ0) is 12.6. The van der Waals surface area contributed by atoms with Gasteiger partial charge in [-0.2, -0.15) is 0 Å². The lowest BCUT2D eigenvalue weighted by molar-refractivity contribution is 0.832. The molecule has 0 aliphatic carbocycles. The fourth-order valence-corrected chi connectivity index (χ4v) is 1.94. The zero-order valence-electron chi connectivity index (χ0n) is 10.6. The lowest BCUT2D eigenvalue weighted by atomic mass is 10.1. The molecule has 0 atom stereocenters. The van der Waals surface area contributed by atoms with Gasteiger partial charge in [0.1, 0.15) is 0 Å². The average Bonchev–Trinajstić information content (AvgIpc) is 2.44. The average molecular weight is 240 g/mol. The molecular weight excluding hydrogens is 220 g/mol. The molecule has 0 amide bonds. The van der Waals surface area contributed by atoms with Crippen LogP contribution in [-0.2, 0) is 13.0 Å². The Hall–Kier alpha value is -1.80. The van der Waals surface area contributed by atoms with E-state index in [1.165, 1.54) is 16.8 Å². The number of anilines is 1. The molecule has 0 aliphatic rings. The molecule has 0 unspecified atom stereocenters. The molecule has 0 saturated carbocycles. The zero-order valence-corrected chi connectivity index (χ0v) is 10.6. The van der Waals surface area contributed by atoms with Crippen LogP contribution in [0.3, 0.4) is 0 Å². The van der Waals surface area contributed by atoms with E-state index in [0.717, 1.165) is 25.9 Å². The van der Waals surface area contributed by atoms with Crippen LogP contribution >= 0.6 is 0 Å². The number of aryl methyl sites for hydroxylation is 1. The Morgan fingerprint density at radius 3 is 2.44 bits per heavy atom. The highest BCUT2D eigenvalue weighted by molar-refractivity contribution is 5.46. The first-order valence-corrected chi connectivity index (χ1v) is 6.45. The fourth-order valence-electron chi connectivity index (χ4n) is 1.94. The minimum Gasteiger partial charge on any atom is -0.381 e. The maximum atomic E-state index is 5.53. The first kappa shape index (κ1) is 12.7. The van der Waals surface area contributed by atoms with Crippen molar-refractivity contribution in [3.8, 4) is 0 Å². The second-order valence-corrected chi connectivity index (χ2v) is 4.43. The fraction of sp³-hybridized carbons (Fsp3) is 0.250. The molecule has 2 rings (SSSR count). The highest BCUT2D eigenvalue weighted by atomic mass is 14.9. The van der Waals surface area contributed by atoms with Crippen LogP contribution in [-0.4, -0.2) is 6.54 Å². The van der Waals surface area contributed by atoms with Crippen LogP contribution < -0.4 is 11.1 Å². The number of nitrogens with one attached hydrogen (secondary N) is 1. The van der Waals surface area contributed by atoms with Gasteiger partial charge in [-0.1, -0.05) is 42.5 Å². The molecule has 94 valence electrons. The summed E-state index contributed by atoms with van der Waals surface area (Å²) in [6, 6.07) is 19.0. The SMILES string of the molecule is NCCCc1cccc(NCc2ccccc2)c1. The third kappa shape index (κ3) is 3.90. The summed E-state index contributed by atoms with van der Waals surface area (Å²) >= 11 is 0. The second kappa shape index (κ2) is 6.82.